The lowest BCUT2D eigenvalue weighted by atomic mass is 9.87. The van der Waals surface area contributed by atoms with E-state index in [2.05, 4.69) is 135 Å². The number of nitrogen functional groups attached to an aromatic ring is 1. The lowest BCUT2D eigenvalue weighted by Crippen LogP contribution is -2.15. The molecule has 2 aliphatic carbocycles. The van der Waals surface area contributed by atoms with Gasteiger partial charge >= 0.3 is 0 Å². The van der Waals surface area contributed by atoms with Gasteiger partial charge in [-0.3, -0.25) is 0 Å². The molecule has 0 fully saturated rings. The predicted octanol–water partition coefficient (Wildman–Crippen LogP) is 11.4. The van der Waals surface area contributed by atoms with E-state index in [1.165, 1.54) is 31.7 Å². The monoisotopic (exact) mass is 638 g/mol. The molecule has 0 bridgehead atoms. The van der Waals surface area contributed by atoms with Gasteiger partial charge in [-0.1, -0.05) is 123 Å². The third-order valence-electron chi connectivity index (χ3n) is 9.99. The van der Waals surface area contributed by atoms with E-state index >= 15 is 0 Å². The molecular weight excluding hydrogens is 605 g/mol. The third-order valence-corrected chi connectivity index (χ3v) is 11.4. The highest BCUT2D eigenvalue weighted by molar-refractivity contribution is 7.19. The van der Waals surface area contributed by atoms with Crippen molar-refractivity contribution in [3.8, 4) is 16.9 Å². The summed E-state index contributed by atoms with van der Waals surface area (Å²) in [7, 11) is 0. The van der Waals surface area contributed by atoms with Crippen molar-refractivity contribution in [3.05, 3.63) is 161 Å². The molecule has 2 N–H and O–H groups in total. The number of hydrogen-bond donors (Lipinski definition) is 1. The number of ether oxygens (including phenoxy) is 1. The quantitative estimate of drug-likeness (QED) is 0.151. The first-order valence-corrected chi connectivity index (χ1v) is 17.4. The van der Waals surface area contributed by atoms with E-state index in [1.807, 2.05) is 23.5 Å². The van der Waals surface area contributed by atoms with E-state index in [0.717, 1.165) is 56.6 Å². The van der Waals surface area contributed by atoms with Crippen LogP contribution in [0.5, 0.6) is 5.75 Å². The minimum Gasteiger partial charge on any atom is -0.484 e. The van der Waals surface area contributed by atoms with Crippen molar-refractivity contribution in [1.29, 1.82) is 0 Å². The molecule has 4 heteroatoms. The number of hydrogen-bond acceptors (Lipinski definition) is 4. The van der Waals surface area contributed by atoms with Crippen LogP contribution < -0.4 is 10.5 Å². The molecule has 232 valence electrons. The summed E-state index contributed by atoms with van der Waals surface area (Å²) < 4.78 is 7.74. The SMILES string of the molecule is C=C(/C=C\c1ccc2ccc(C3=Cc4c(sc5ccccc45)C(C)C3)nc2c1N)c1ccc(-c2cccc3c2OC2C=CC=CC32)cc1. The largest absolute Gasteiger partial charge is 0.484 e. The number of aromatic nitrogens is 1. The lowest BCUT2D eigenvalue weighted by Gasteiger charge is -2.20. The van der Waals surface area contributed by atoms with Gasteiger partial charge in [0.1, 0.15) is 11.9 Å². The zero-order chi connectivity index (χ0) is 32.4. The maximum atomic E-state index is 6.79. The minimum absolute atomic E-state index is 0.0721. The number of anilines is 1. The average Bonchev–Trinajstić information content (AvgIpc) is 3.70. The maximum Gasteiger partial charge on any atom is 0.132 e. The number of para-hydroxylation sites is 1. The summed E-state index contributed by atoms with van der Waals surface area (Å²) in [4.78, 5) is 6.60. The molecule has 48 heavy (non-hydrogen) atoms. The second-order valence-electron chi connectivity index (χ2n) is 13.0. The fourth-order valence-electron chi connectivity index (χ4n) is 7.43. The first-order valence-electron chi connectivity index (χ1n) is 16.6. The molecule has 3 aliphatic rings. The second kappa shape index (κ2) is 11.4. The molecule has 3 unspecified atom stereocenters. The first-order chi connectivity index (χ1) is 23.5. The molecule has 0 radical (unpaired) electrons. The Balaban J connectivity index is 0.975. The molecule has 4 aromatic carbocycles. The normalized spacial score (nSPS) is 19.3. The molecular formula is C44H34N2OS. The average molecular weight is 639 g/mol. The van der Waals surface area contributed by atoms with Gasteiger partial charge in [0, 0.05) is 32.0 Å². The standard InChI is InChI=1S/C44H34N2OS/c1-26(28-16-18-29(19-17-28)33-10-7-11-36-34-8-3-5-12-39(34)47-43(33)36)14-15-30-20-21-31-22-23-38(46-42(31)41(30)45)32-24-27(2)44-37(25-32)35-9-4-6-13-40(35)48-44/h3-23,25,27,34,39H,1,24,45H2,2H3/b15-14-. The number of nitrogens with zero attached hydrogens (tertiary/aromatic N) is 1. The van der Waals surface area contributed by atoms with E-state index in [0.29, 0.717) is 11.6 Å². The van der Waals surface area contributed by atoms with Gasteiger partial charge < -0.3 is 10.5 Å². The smallest absolute Gasteiger partial charge is 0.132 e. The second-order valence-corrected chi connectivity index (χ2v) is 14.1. The zero-order valence-corrected chi connectivity index (χ0v) is 27.5. The van der Waals surface area contributed by atoms with Crippen LogP contribution in [-0.2, 0) is 0 Å². The van der Waals surface area contributed by atoms with Gasteiger partial charge in [-0.25, -0.2) is 4.98 Å². The number of benzene rings is 4. The molecule has 3 atom stereocenters. The van der Waals surface area contributed by atoms with Crippen LogP contribution in [0.25, 0.3) is 55.4 Å². The van der Waals surface area contributed by atoms with Gasteiger partial charge in [-0.2, -0.15) is 0 Å². The van der Waals surface area contributed by atoms with Crippen molar-refractivity contribution >= 4 is 61.3 Å². The van der Waals surface area contributed by atoms with E-state index in [-0.39, 0.29) is 12.0 Å². The fraction of sp³-hybridized carbons (Fsp3) is 0.114. The van der Waals surface area contributed by atoms with E-state index in [9.17, 15) is 0 Å². The number of pyridine rings is 1. The summed E-state index contributed by atoms with van der Waals surface area (Å²) in [5.74, 6) is 1.71. The minimum atomic E-state index is 0.0721. The van der Waals surface area contributed by atoms with Crippen LogP contribution in [0.3, 0.4) is 0 Å². The molecule has 0 saturated heterocycles. The Hall–Kier alpha value is -5.45. The molecule has 9 rings (SSSR count). The van der Waals surface area contributed by atoms with Gasteiger partial charge in [-0.05, 0) is 75.4 Å². The topological polar surface area (TPSA) is 48.1 Å². The summed E-state index contributed by atoms with van der Waals surface area (Å²) in [6.07, 6.45) is 16.0. The van der Waals surface area contributed by atoms with Crippen molar-refractivity contribution in [2.24, 2.45) is 0 Å². The third kappa shape index (κ3) is 4.75. The van der Waals surface area contributed by atoms with Crippen LogP contribution >= 0.6 is 11.3 Å². The Labute approximate surface area is 284 Å². The Morgan fingerprint density at radius 3 is 2.67 bits per heavy atom. The summed E-state index contributed by atoms with van der Waals surface area (Å²) >= 11 is 1.92. The lowest BCUT2D eigenvalue weighted by molar-refractivity contribution is 0.270. The molecule has 0 saturated carbocycles. The molecule has 0 spiro atoms. The van der Waals surface area contributed by atoms with Crippen molar-refractivity contribution in [3.63, 3.8) is 0 Å². The molecule has 0 amide bonds. The highest BCUT2D eigenvalue weighted by Crippen LogP contribution is 2.47. The highest BCUT2D eigenvalue weighted by Gasteiger charge is 2.33. The summed E-state index contributed by atoms with van der Waals surface area (Å²) in [5.41, 5.74) is 18.3. The fourth-order valence-corrected chi connectivity index (χ4v) is 8.66. The van der Waals surface area contributed by atoms with Gasteiger partial charge in [0.05, 0.1) is 16.9 Å². The molecule has 1 aliphatic heterocycles. The molecule has 3 nitrogen and oxygen atoms in total. The van der Waals surface area contributed by atoms with Gasteiger partial charge in [0.2, 0.25) is 0 Å². The van der Waals surface area contributed by atoms with Crippen molar-refractivity contribution in [1.82, 2.24) is 4.98 Å². The summed E-state index contributed by atoms with van der Waals surface area (Å²) in [6, 6.07) is 32.1. The van der Waals surface area contributed by atoms with Gasteiger partial charge in [0.25, 0.3) is 0 Å². The van der Waals surface area contributed by atoms with E-state index in [1.54, 1.807) is 0 Å². The van der Waals surface area contributed by atoms with Crippen molar-refractivity contribution in [2.75, 3.05) is 5.73 Å². The van der Waals surface area contributed by atoms with Crippen LogP contribution in [0.1, 0.15) is 58.0 Å². The Morgan fingerprint density at radius 1 is 0.938 bits per heavy atom. The first kappa shape index (κ1) is 28.7. The Bertz CT molecular complexity index is 2410. The van der Waals surface area contributed by atoms with Crippen LogP contribution in [-0.4, -0.2) is 11.1 Å². The predicted molar refractivity (Wildman–Crippen MR) is 204 cm³/mol. The van der Waals surface area contributed by atoms with Crippen LogP contribution in [0.4, 0.5) is 5.69 Å². The van der Waals surface area contributed by atoms with Gasteiger partial charge in [-0.15, -0.1) is 11.3 Å². The summed E-state index contributed by atoms with van der Waals surface area (Å²) in [5, 5.41) is 2.37. The maximum absolute atomic E-state index is 6.79. The molecule has 3 heterocycles. The number of nitrogens with two attached hydrogens (primary N) is 1. The van der Waals surface area contributed by atoms with Crippen LogP contribution in [0.15, 0.2) is 128 Å². The van der Waals surface area contributed by atoms with E-state index in [4.69, 9.17) is 15.5 Å². The zero-order valence-electron chi connectivity index (χ0n) is 26.7. The van der Waals surface area contributed by atoms with Crippen molar-refractivity contribution in [2.45, 2.75) is 31.3 Å². The van der Waals surface area contributed by atoms with Crippen LogP contribution in [0, 0.1) is 0 Å². The number of allylic oxidation sites excluding steroid dienone is 5. The van der Waals surface area contributed by atoms with E-state index < -0.39 is 0 Å². The highest BCUT2D eigenvalue weighted by atomic mass is 32.1. The number of fused-ring (bicyclic) bond motifs is 7. The van der Waals surface area contributed by atoms with Crippen molar-refractivity contribution < 1.29 is 4.74 Å². The summed E-state index contributed by atoms with van der Waals surface area (Å²) in [6.45, 7) is 6.69. The Morgan fingerprint density at radius 2 is 1.77 bits per heavy atom. The number of rotatable bonds is 5. The number of thiophene rings is 1. The Kier molecular flexibility index (Phi) is 6.80. The van der Waals surface area contributed by atoms with Gasteiger partial charge in [0.15, 0.2) is 0 Å². The molecule has 6 aromatic rings. The van der Waals surface area contributed by atoms with Crippen LogP contribution in [0.2, 0.25) is 0 Å². The molecule has 2 aromatic heterocycles.